The Morgan fingerprint density at radius 2 is 1.77 bits per heavy atom. The second-order valence-electron chi connectivity index (χ2n) is 6.83. The highest BCUT2D eigenvalue weighted by molar-refractivity contribution is 5.91. The van der Waals surface area contributed by atoms with Crippen molar-refractivity contribution < 1.29 is 9.53 Å². The Morgan fingerprint density at radius 3 is 2.46 bits per heavy atom. The molecule has 2 aromatic rings. The standard InChI is InChI=1S/C21H27N3O2/c1-15-8-9-20(26-4)18(14-15)22-21(25)24-12-10-23(11-13-24)19-7-5-6-16(2)17(19)3/h5-9,14H,10-13H2,1-4H3,(H,22,25). The van der Waals surface area contributed by atoms with Gasteiger partial charge in [-0.3, -0.25) is 0 Å². The number of nitrogens with one attached hydrogen (secondary N) is 1. The van der Waals surface area contributed by atoms with E-state index in [9.17, 15) is 4.79 Å². The molecule has 1 aliphatic heterocycles. The van der Waals surface area contributed by atoms with E-state index in [-0.39, 0.29) is 6.03 Å². The Labute approximate surface area is 155 Å². The molecule has 2 aromatic carbocycles. The summed E-state index contributed by atoms with van der Waals surface area (Å²) in [5, 5.41) is 2.99. The second-order valence-corrected chi connectivity index (χ2v) is 6.83. The topological polar surface area (TPSA) is 44.8 Å². The van der Waals surface area contributed by atoms with Crippen LogP contribution in [0, 0.1) is 20.8 Å². The van der Waals surface area contributed by atoms with Crippen LogP contribution >= 0.6 is 0 Å². The summed E-state index contributed by atoms with van der Waals surface area (Å²) in [6.07, 6.45) is 0. The lowest BCUT2D eigenvalue weighted by atomic mass is 10.1. The van der Waals surface area contributed by atoms with Gasteiger partial charge in [0, 0.05) is 31.9 Å². The van der Waals surface area contributed by atoms with Crippen LogP contribution in [0.4, 0.5) is 16.2 Å². The Balaban J connectivity index is 1.64. The fourth-order valence-corrected chi connectivity index (χ4v) is 3.34. The van der Waals surface area contributed by atoms with Crippen LogP contribution in [0.3, 0.4) is 0 Å². The number of nitrogens with zero attached hydrogens (tertiary/aromatic N) is 2. The van der Waals surface area contributed by atoms with Gasteiger partial charge in [-0.1, -0.05) is 18.2 Å². The van der Waals surface area contributed by atoms with Crippen LogP contribution in [0.2, 0.25) is 0 Å². The maximum absolute atomic E-state index is 12.7. The van der Waals surface area contributed by atoms with Gasteiger partial charge in [0.1, 0.15) is 5.75 Å². The number of hydrogen-bond acceptors (Lipinski definition) is 3. The summed E-state index contributed by atoms with van der Waals surface area (Å²) in [6.45, 7) is 9.37. The number of hydrogen-bond donors (Lipinski definition) is 1. The van der Waals surface area contributed by atoms with Crippen LogP contribution in [0.1, 0.15) is 16.7 Å². The second kappa shape index (κ2) is 7.68. The third-order valence-electron chi connectivity index (χ3n) is 5.08. The molecule has 0 unspecified atom stereocenters. The van der Waals surface area contributed by atoms with Gasteiger partial charge >= 0.3 is 6.03 Å². The molecule has 0 radical (unpaired) electrons. The number of aryl methyl sites for hydroxylation is 2. The highest BCUT2D eigenvalue weighted by Gasteiger charge is 2.23. The van der Waals surface area contributed by atoms with E-state index in [0.29, 0.717) is 18.8 Å². The SMILES string of the molecule is COc1ccc(C)cc1NC(=O)N1CCN(c2cccc(C)c2C)CC1. The number of rotatable bonds is 3. The summed E-state index contributed by atoms with van der Waals surface area (Å²) in [7, 11) is 1.61. The van der Waals surface area contributed by atoms with Crippen molar-refractivity contribution >= 4 is 17.4 Å². The fraction of sp³-hybridized carbons (Fsp3) is 0.381. The lowest BCUT2D eigenvalue weighted by Crippen LogP contribution is -2.50. The van der Waals surface area contributed by atoms with E-state index in [1.165, 1.54) is 16.8 Å². The van der Waals surface area contributed by atoms with Gasteiger partial charge in [0.2, 0.25) is 0 Å². The molecule has 5 nitrogen and oxygen atoms in total. The first-order valence-corrected chi connectivity index (χ1v) is 9.01. The zero-order valence-corrected chi connectivity index (χ0v) is 16.0. The summed E-state index contributed by atoms with van der Waals surface area (Å²) in [4.78, 5) is 16.9. The molecule has 1 heterocycles. The molecule has 0 spiro atoms. The number of urea groups is 1. The van der Waals surface area contributed by atoms with E-state index in [0.717, 1.165) is 24.3 Å². The maximum atomic E-state index is 12.7. The number of carbonyl (C=O) groups excluding carboxylic acids is 1. The monoisotopic (exact) mass is 353 g/mol. The predicted octanol–water partition coefficient (Wildman–Crippen LogP) is 3.97. The Hall–Kier alpha value is -2.69. The van der Waals surface area contributed by atoms with Crippen LogP contribution in [0.5, 0.6) is 5.75 Å². The van der Waals surface area contributed by atoms with Gasteiger partial charge in [-0.05, 0) is 55.7 Å². The summed E-state index contributed by atoms with van der Waals surface area (Å²) in [6, 6.07) is 12.1. The van der Waals surface area contributed by atoms with E-state index in [4.69, 9.17) is 4.74 Å². The predicted molar refractivity (Wildman–Crippen MR) is 106 cm³/mol. The van der Waals surface area contributed by atoms with Gasteiger partial charge in [0.15, 0.2) is 0 Å². The van der Waals surface area contributed by atoms with Gasteiger partial charge in [-0.15, -0.1) is 0 Å². The molecule has 0 atom stereocenters. The van der Waals surface area contributed by atoms with Crippen molar-refractivity contribution in [1.29, 1.82) is 0 Å². The first-order chi connectivity index (χ1) is 12.5. The zero-order chi connectivity index (χ0) is 18.7. The number of amides is 2. The van der Waals surface area contributed by atoms with E-state index in [1.807, 2.05) is 30.0 Å². The fourth-order valence-electron chi connectivity index (χ4n) is 3.34. The van der Waals surface area contributed by atoms with Crippen molar-refractivity contribution in [3.8, 4) is 5.75 Å². The number of benzene rings is 2. The molecule has 0 saturated carbocycles. The largest absolute Gasteiger partial charge is 0.495 e. The normalized spacial score (nSPS) is 14.3. The van der Waals surface area contributed by atoms with Gasteiger partial charge in [0.05, 0.1) is 12.8 Å². The van der Waals surface area contributed by atoms with Crippen molar-refractivity contribution in [2.45, 2.75) is 20.8 Å². The summed E-state index contributed by atoms with van der Waals surface area (Å²) < 4.78 is 5.35. The molecular weight excluding hydrogens is 326 g/mol. The Morgan fingerprint density at radius 1 is 1.04 bits per heavy atom. The molecule has 138 valence electrons. The van der Waals surface area contributed by atoms with E-state index >= 15 is 0 Å². The molecule has 1 N–H and O–H groups in total. The van der Waals surface area contributed by atoms with Crippen molar-refractivity contribution in [2.75, 3.05) is 43.5 Å². The van der Waals surface area contributed by atoms with Crippen LogP contribution in [-0.4, -0.2) is 44.2 Å². The third-order valence-corrected chi connectivity index (χ3v) is 5.08. The number of ether oxygens (including phenoxy) is 1. The van der Waals surface area contributed by atoms with Gasteiger partial charge in [-0.2, -0.15) is 0 Å². The zero-order valence-electron chi connectivity index (χ0n) is 16.0. The smallest absolute Gasteiger partial charge is 0.322 e. The van der Waals surface area contributed by atoms with E-state index in [2.05, 4.69) is 42.3 Å². The molecule has 0 bridgehead atoms. The van der Waals surface area contributed by atoms with Gasteiger partial charge < -0.3 is 19.9 Å². The number of carbonyl (C=O) groups is 1. The quantitative estimate of drug-likeness (QED) is 0.908. The molecular formula is C21H27N3O2. The molecule has 3 rings (SSSR count). The minimum absolute atomic E-state index is 0.0745. The molecule has 1 saturated heterocycles. The van der Waals surface area contributed by atoms with E-state index in [1.54, 1.807) is 7.11 Å². The minimum atomic E-state index is -0.0745. The first kappa shape index (κ1) is 18.1. The highest BCUT2D eigenvalue weighted by Crippen LogP contribution is 2.26. The Kier molecular flexibility index (Phi) is 5.35. The molecule has 0 aromatic heterocycles. The molecule has 0 aliphatic carbocycles. The van der Waals surface area contributed by atoms with Crippen LogP contribution < -0.4 is 15.0 Å². The van der Waals surface area contributed by atoms with Crippen molar-refractivity contribution in [2.24, 2.45) is 0 Å². The number of piperazine rings is 1. The van der Waals surface area contributed by atoms with Gasteiger partial charge in [-0.25, -0.2) is 4.79 Å². The highest BCUT2D eigenvalue weighted by atomic mass is 16.5. The number of anilines is 2. The minimum Gasteiger partial charge on any atom is -0.495 e. The van der Waals surface area contributed by atoms with Crippen LogP contribution in [-0.2, 0) is 0 Å². The van der Waals surface area contributed by atoms with Crippen LogP contribution in [0.15, 0.2) is 36.4 Å². The van der Waals surface area contributed by atoms with Crippen molar-refractivity contribution in [1.82, 2.24) is 4.90 Å². The maximum Gasteiger partial charge on any atom is 0.322 e. The summed E-state index contributed by atoms with van der Waals surface area (Å²) >= 11 is 0. The molecule has 1 fully saturated rings. The molecule has 26 heavy (non-hydrogen) atoms. The summed E-state index contributed by atoms with van der Waals surface area (Å²) in [5.74, 6) is 0.679. The summed E-state index contributed by atoms with van der Waals surface area (Å²) in [5.41, 5.74) is 5.69. The van der Waals surface area contributed by atoms with Crippen molar-refractivity contribution in [3.63, 3.8) is 0 Å². The Bertz CT molecular complexity index is 796. The van der Waals surface area contributed by atoms with Crippen LogP contribution in [0.25, 0.3) is 0 Å². The average Bonchev–Trinajstić information content (AvgIpc) is 2.64. The van der Waals surface area contributed by atoms with E-state index < -0.39 is 0 Å². The lowest BCUT2D eigenvalue weighted by Gasteiger charge is -2.37. The first-order valence-electron chi connectivity index (χ1n) is 9.01. The van der Waals surface area contributed by atoms with Gasteiger partial charge in [0.25, 0.3) is 0 Å². The molecule has 5 heteroatoms. The van der Waals surface area contributed by atoms with Crippen molar-refractivity contribution in [3.05, 3.63) is 53.1 Å². The molecule has 2 amide bonds. The lowest BCUT2D eigenvalue weighted by molar-refractivity contribution is 0.208. The molecule has 1 aliphatic rings. The average molecular weight is 353 g/mol. The third kappa shape index (κ3) is 3.77. The number of methoxy groups -OCH3 is 1.